The van der Waals surface area contributed by atoms with E-state index in [1.165, 1.54) is 48.6 Å². The first-order chi connectivity index (χ1) is 11.2. The molecule has 2 aliphatic carbocycles. The zero-order valence-corrected chi connectivity index (χ0v) is 15.6. The molecular formula is C20H27BrO2. The fraction of sp³-hybridized carbons (Fsp3) is 0.700. The van der Waals surface area contributed by atoms with E-state index in [1.807, 2.05) is 0 Å². The smallest absolute Gasteiger partial charge is 0.160 e. The van der Waals surface area contributed by atoms with E-state index in [4.69, 9.17) is 9.47 Å². The molecule has 0 unspecified atom stereocenters. The first-order valence-corrected chi connectivity index (χ1v) is 9.95. The molecule has 3 fully saturated rings. The van der Waals surface area contributed by atoms with Crippen molar-refractivity contribution >= 4 is 15.9 Å². The number of benzene rings is 1. The summed E-state index contributed by atoms with van der Waals surface area (Å²) in [6.07, 6.45) is 7.88. The van der Waals surface area contributed by atoms with Gasteiger partial charge in [0.1, 0.15) is 0 Å². The van der Waals surface area contributed by atoms with Gasteiger partial charge in [-0.15, -0.1) is 0 Å². The molecule has 2 nitrogen and oxygen atoms in total. The molecule has 1 saturated heterocycles. The van der Waals surface area contributed by atoms with Gasteiger partial charge in [0.2, 0.25) is 0 Å². The average Bonchev–Trinajstić information content (AvgIpc) is 2.48. The van der Waals surface area contributed by atoms with E-state index in [9.17, 15) is 0 Å². The Bertz CT molecular complexity index is 519. The fourth-order valence-corrected chi connectivity index (χ4v) is 5.20. The Labute approximate surface area is 148 Å². The van der Waals surface area contributed by atoms with Gasteiger partial charge in [-0.05, 0) is 61.1 Å². The molecule has 0 radical (unpaired) electrons. The first-order valence-electron chi connectivity index (χ1n) is 9.16. The third-order valence-corrected chi connectivity index (χ3v) is 6.69. The molecule has 0 atom stereocenters. The second-order valence-electron chi connectivity index (χ2n) is 8.01. The topological polar surface area (TPSA) is 18.5 Å². The number of ether oxygens (including phenoxy) is 2. The molecule has 0 amide bonds. The average molecular weight is 379 g/mol. The molecule has 3 aliphatic rings. The predicted molar refractivity (Wildman–Crippen MR) is 95.4 cm³/mol. The van der Waals surface area contributed by atoms with Crippen LogP contribution in [0.5, 0.6) is 0 Å². The Balaban J connectivity index is 1.23. The molecular weight excluding hydrogens is 352 g/mol. The number of rotatable bonds is 4. The van der Waals surface area contributed by atoms with Crippen LogP contribution < -0.4 is 0 Å². The maximum Gasteiger partial charge on any atom is 0.160 e. The van der Waals surface area contributed by atoms with Crippen molar-refractivity contribution in [1.82, 2.24) is 0 Å². The quantitative estimate of drug-likeness (QED) is 0.687. The van der Waals surface area contributed by atoms with E-state index in [2.05, 4.69) is 47.1 Å². The van der Waals surface area contributed by atoms with Crippen molar-refractivity contribution in [2.45, 2.75) is 57.7 Å². The van der Waals surface area contributed by atoms with Gasteiger partial charge in [-0.1, -0.05) is 41.4 Å². The lowest BCUT2D eigenvalue weighted by atomic mass is 9.47. The van der Waals surface area contributed by atoms with Gasteiger partial charge in [0.25, 0.3) is 0 Å². The maximum atomic E-state index is 6.01. The van der Waals surface area contributed by atoms with E-state index in [-0.39, 0.29) is 6.29 Å². The molecule has 2 saturated carbocycles. The molecule has 4 rings (SSSR count). The molecule has 1 aromatic carbocycles. The van der Waals surface area contributed by atoms with Crippen LogP contribution in [0.2, 0.25) is 0 Å². The van der Waals surface area contributed by atoms with Crippen LogP contribution in [-0.2, 0) is 9.47 Å². The minimum Gasteiger partial charge on any atom is -0.352 e. The van der Waals surface area contributed by atoms with Gasteiger partial charge in [-0.3, -0.25) is 0 Å². The molecule has 1 aromatic rings. The van der Waals surface area contributed by atoms with Gasteiger partial charge in [0.15, 0.2) is 6.29 Å². The van der Waals surface area contributed by atoms with Gasteiger partial charge in [0, 0.05) is 16.3 Å². The van der Waals surface area contributed by atoms with Gasteiger partial charge < -0.3 is 9.47 Å². The highest BCUT2D eigenvalue weighted by molar-refractivity contribution is 9.10. The van der Waals surface area contributed by atoms with Crippen molar-refractivity contribution in [3.05, 3.63) is 34.3 Å². The van der Waals surface area contributed by atoms with Crippen molar-refractivity contribution in [2.24, 2.45) is 17.3 Å². The monoisotopic (exact) mass is 378 g/mol. The summed E-state index contributed by atoms with van der Waals surface area (Å²) in [5.41, 5.74) is 2.12. The molecule has 1 spiro atoms. The van der Waals surface area contributed by atoms with Crippen LogP contribution in [0, 0.1) is 17.3 Å². The minimum atomic E-state index is 0.0838. The Morgan fingerprint density at radius 2 is 1.70 bits per heavy atom. The summed E-state index contributed by atoms with van der Waals surface area (Å²) < 4.78 is 13.2. The van der Waals surface area contributed by atoms with Gasteiger partial charge in [0.05, 0.1) is 13.2 Å². The predicted octanol–water partition coefficient (Wildman–Crippen LogP) is 5.51. The van der Waals surface area contributed by atoms with E-state index in [0.29, 0.717) is 17.3 Å². The summed E-state index contributed by atoms with van der Waals surface area (Å²) >= 11 is 3.52. The van der Waals surface area contributed by atoms with Crippen LogP contribution in [0.15, 0.2) is 28.7 Å². The lowest BCUT2D eigenvalue weighted by Crippen LogP contribution is -2.52. The normalized spacial score (nSPS) is 39.7. The molecule has 1 heterocycles. The van der Waals surface area contributed by atoms with E-state index in [0.717, 1.165) is 19.1 Å². The second-order valence-corrected chi connectivity index (χ2v) is 8.93. The van der Waals surface area contributed by atoms with Crippen LogP contribution in [0.25, 0.3) is 0 Å². The molecule has 0 aromatic heterocycles. The second kappa shape index (κ2) is 6.50. The number of hydrogen-bond acceptors (Lipinski definition) is 2. The lowest BCUT2D eigenvalue weighted by Gasteiger charge is -2.59. The summed E-state index contributed by atoms with van der Waals surface area (Å²) in [4.78, 5) is 0. The molecule has 0 N–H and O–H groups in total. The molecule has 23 heavy (non-hydrogen) atoms. The summed E-state index contributed by atoms with van der Waals surface area (Å²) in [7, 11) is 0. The molecule has 3 heteroatoms. The first kappa shape index (κ1) is 16.1. The van der Waals surface area contributed by atoms with Gasteiger partial charge in [-0.25, -0.2) is 0 Å². The van der Waals surface area contributed by atoms with Gasteiger partial charge >= 0.3 is 0 Å². The third kappa shape index (κ3) is 3.25. The molecule has 0 bridgehead atoms. The van der Waals surface area contributed by atoms with Crippen molar-refractivity contribution < 1.29 is 9.47 Å². The largest absolute Gasteiger partial charge is 0.352 e. The standard InChI is InChI=1S/C20H27BrO2/c1-2-3-14-12-22-19(23-13-14)17-10-20(11-17)8-16(9-20)15-4-6-18(21)7-5-15/h4-7,14,16-17,19H,2-3,8-13H2,1H3. The Hall–Kier alpha value is -0.380. The van der Waals surface area contributed by atoms with Crippen LogP contribution in [0.4, 0.5) is 0 Å². The molecule has 1 aliphatic heterocycles. The minimum absolute atomic E-state index is 0.0838. The summed E-state index contributed by atoms with van der Waals surface area (Å²) in [5.74, 6) is 2.03. The Kier molecular flexibility index (Phi) is 4.55. The highest BCUT2D eigenvalue weighted by Gasteiger charge is 2.55. The van der Waals surface area contributed by atoms with E-state index in [1.54, 1.807) is 0 Å². The highest BCUT2D eigenvalue weighted by atomic mass is 79.9. The van der Waals surface area contributed by atoms with Crippen LogP contribution >= 0.6 is 15.9 Å². The Morgan fingerprint density at radius 1 is 1.04 bits per heavy atom. The Morgan fingerprint density at radius 3 is 2.30 bits per heavy atom. The number of halogens is 1. The van der Waals surface area contributed by atoms with E-state index < -0.39 is 0 Å². The fourth-order valence-electron chi connectivity index (χ4n) is 4.94. The zero-order valence-electron chi connectivity index (χ0n) is 14.0. The van der Waals surface area contributed by atoms with Crippen molar-refractivity contribution in [3.8, 4) is 0 Å². The summed E-state index contributed by atoms with van der Waals surface area (Å²) in [5, 5.41) is 0. The summed E-state index contributed by atoms with van der Waals surface area (Å²) in [6, 6.07) is 8.89. The van der Waals surface area contributed by atoms with Gasteiger partial charge in [-0.2, -0.15) is 0 Å². The SMILES string of the molecule is CCCC1COC(C2CC3(CC(c4ccc(Br)cc4)C3)C2)OC1. The lowest BCUT2D eigenvalue weighted by molar-refractivity contribution is -0.258. The maximum absolute atomic E-state index is 6.01. The zero-order chi connectivity index (χ0) is 15.9. The van der Waals surface area contributed by atoms with Crippen molar-refractivity contribution in [2.75, 3.05) is 13.2 Å². The van der Waals surface area contributed by atoms with Crippen molar-refractivity contribution in [3.63, 3.8) is 0 Å². The number of hydrogen-bond donors (Lipinski definition) is 0. The van der Waals surface area contributed by atoms with Crippen LogP contribution in [-0.4, -0.2) is 19.5 Å². The van der Waals surface area contributed by atoms with Crippen LogP contribution in [0.1, 0.15) is 56.9 Å². The van der Waals surface area contributed by atoms with Crippen LogP contribution in [0.3, 0.4) is 0 Å². The van der Waals surface area contributed by atoms with Crippen molar-refractivity contribution in [1.29, 1.82) is 0 Å². The summed E-state index contributed by atoms with van der Waals surface area (Å²) in [6.45, 7) is 4.05. The van der Waals surface area contributed by atoms with E-state index >= 15 is 0 Å². The highest BCUT2D eigenvalue weighted by Crippen LogP contribution is 2.65. The third-order valence-electron chi connectivity index (χ3n) is 6.16. The molecule has 126 valence electrons.